The van der Waals surface area contributed by atoms with Gasteiger partial charge in [0.15, 0.2) is 0 Å². The first-order valence-corrected chi connectivity index (χ1v) is 4.88. The van der Waals surface area contributed by atoms with E-state index in [4.69, 9.17) is 16.3 Å². The molecule has 1 spiro atoms. The van der Waals surface area contributed by atoms with Crippen molar-refractivity contribution in [3.8, 4) is 5.75 Å². The van der Waals surface area contributed by atoms with Gasteiger partial charge in [-0.15, -0.1) is 0 Å². The molecule has 1 N–H and O–H groups in total. The predicted molar refractivity (Wildman–Crippen MR) is 52.5 cm³/mol. The minimum Gasteiger partial charge on any atom is -0.483 e. The molecule has 1 aliphatic carbocycles. The molecule has 68 valence electrons. The molecule has 0 atom stereocenters. The largest absolute Gasteiger partial charge is 0.483 e. The lowest BCUT2D eigenvalue weighted by Gasteiger charge is -2.27. The highest BCUT2D eigenvalue weighted by Crippen LogP contribution is 2.46. The first-order chi connectivity index (χ1) is 6.27. The lowest BCUT2D eigenvalue weighted by atomic mass is 10.2. The fraction of sp³-hybridized carbons (Fsp3) is 0.400. The second-order valence-corrected chi connectivity index (χ2v) is 4.22. The Kier molecular flexibility index (Phi) is 1.34. The van der Waals surface area contributed by atoms with E-state index in [1.807, 2.05) is 18.2 Å². The van der Waals surface area contributed by atoms with Crippen molar-refractivity contribution in [2.75, 3.05) is 11.9 Å². The molecule has 1 saturated carbocycles. The Morgan fingerprint density at radius 2 is 2.23 bits per heavy atom. The molecular formula is C10H10ClNO. The summed E-state index contributed by atoms with van der Waals surface area (Å²) in [5, 5.41) is 4.09. The van der Waals surface area contributed by atoms with Crippen LogP contribution in [0.2, 0.25) is 5.02 Å². The Hall–Kier alpha value is -0.890. The zero-order valence-corrected chi connectivity index (χ0v) is 7.90. The zero-order valence-electron chi connectivity index (χ0n) is 7.14. The summed E-state index contributed by atoms with van der Waals surface area (Å²) in [5.41, 5.74) is 1.15. The molecule has 0 aromatic heterocycles. The molecule has 1 heterocycles. The van der Waals surface area contributed by atoms with E-state index in [1.165, 1.54) is 0 Å². The number of hydrogen-bond donors (Lipinski definition) is 1. The topological polar surface area (TPSA) is 21.3 Å². The second kappa shape index (κ2) is 2.32. The van der Waals surface area contributed by atoms with Gasteiger partial charge in [0.1, 0.15) is 11.4 Å². The lowest BCUT2D eigenvalue weighted by molar-refractivity contribution is 0.184. The van der Waals surface area contributed by atoms with Crippen LogP contribution >= 0.6 is 11.6 Å². The Bertz CT molecular complexity index is 360. The lowest BCUT2D eigenvalue weighted by Crippen LogP contribution is -2.32. The van der Waals surface area contributed by atoms with Crippen molar-refractivity contribution in [3.05, 3.63) is 23.2 Å². The molecule has 0 saturated heterocycles. The number of fused-ring (bicyclic) bond motifs is 1. The molecule has 0 radical (unpaired) electrons. The van der Waals surface area contributed by atoms with Crippen LogP contribution in [0.25, 0.3) is 0 Å². The van der Waals surface area contributed by atoms with Crippen molar-refractivity contribution < 1.29 is 4.74 Å². The maximum absolute atomic E-state index is 5.88. The molecule has 1 aromatic carbocycles. The van der Waals surface area contributed by atoms with Gasteiger partial charge >= 0.3 is 0 Å². The Morgan fingerprint density at radius 3 is 3.00 bits per heavy atom. The van der Waals surface area contributed by atoms with Gasteiger partial charge in [-0.3, -0.25) is 0 Å². The minimum atomic E-state index is 0.0949. The summed E-state index contributed by atoms with van der Waals surface area (Å²) in [6.45, 7) is 0.932. The molecule has 0 bridgehead atoms. The summed E-state index contributed by atoms with van der Waals surface area (Å²) >= 11 is 5.88. The highest BCUT2D eigenvalue weighted by atomic mass is 35.5. The summed E-state index contributed by atoms with van der Waals surface area (Å²) in [6, 6.07) is 5.72. The zero-order chi connectivity index (χ0) is 8.89. The van der Waals surface area contributed by atoms with Crippen LogP contribution in [0, 0.1) is 0 Å². The van der Waals surface area contributed by atoms with Crippen molar-refractivity contribution in [1.29, 1.82) is 0 Å². The standard InChI is InChI=1S/C10H10ClNO/c11-7-1-2-8-9(5-7)13-10(3-4-10)6-12-8/h1-2,5,12H,3-4,6H2. The van der Waals surface area contributed by atoms with E-state index in [1.54, 1.807) is 0 Å². The molecule has 3 heteroatoms. The molecular weight excluding hydrogens is 186 g/mol. The van der Waals surface area contributed by atoms with Crippen LogP contribution in [0.15, 0.2) is 18.2 Å². The minimum absolute atomic E-state index is 0.0949. The first kappa shape index (κ1) is 7.51. The van der Waals surface area contributed by atoms with Crippen LogP contribution in [-0.4, -0.2) is 12.1 Å². The summed E-state index contributed by atoms with van der Waals surface area (Å²) < 4.78 is 5.86. The monoisotopic (exact) mass is 195 g/mol. The van der Waals surface area contributed by atoms with E-state index in [9.17, 15) is 0 Å². The number of benzene rings is 1. The Morgan fingerprint density at radius 1 is 1.38 bits per heavy atom. The average Bonchev–Trinajstić information content (AvgIpc) is 2.84. The van der Waals surface area contributed by atoms with Crippen molar-refractivity contribution in [2.24, 2.45) is 0 Å². The van der Waals surface area contributed by atoms with E-state index < -0.39 is 0 Å². The predicted octanol–water partition coefficient (Wildman–Crippen LogP) is 2.68. The van der Waals surface area contributed by atoms with Crippen LogP contribution in [-0.2, 0) is 0 Å². The van der Waals surface area contributed by atoms with E-state index in [0.29, 0.717) is 0 Å². The van der Waals surface area contributed by atoms with Gasteiger partial charge in [0.25, 0.3) is 0 Å². The van der Waals surface area contributed by atoms with Crippen LogP contribution in [0.5, 0.6) is 5.75 Å². The van der Waals surface area contributed by atoms with Crippen LogP contribution in [0.1, 0.15) is 12.8 Å². The Labute approximate surface area is 81.8 Å². The van der Waals surface area contributed by atoms with Gasteiger partial charge in [-0.2, -0.15) is 0 Å². The molecule has 0 unspecified atom stereocenters. The van der Waals surface area contributed by atoms with Gasteiger partial charge in [0.05, 0.1) is 12.2 Å². The van der Waals surface area contributed by atoms with E-state index >= 15 is 0 Å². The fourth-order valence-corrected chi connectivity index (χ4v) is 1.83. The van der Waals surface area contributed by atoms with Gasteiger partial charge in [-0.05, 0) is 25.0 Å². The van der Waals surface area contributed by atoms with Crippen molar-refractivity contribution in [3.63, 3.8) is 0 Å². The smallest absolute Gasteiger partial charge is 0.144 e. The maximum Gasteiger partial charge on any atom is 0.144 e. The van der Waals surface area contributed by atoms with Crippen LogP contribution < -0.4 is 10.1 Å². The molecule has 0 amide bonds. The number of hydrogen-bond acceptors (Lipinski definition) is 2. The normalized spacial score (nSPS) is 21.6. The molecule has 2 aliphatic rings. The second-order valence-electron chi connectivity index (χ2n) is 3.78. The summed E-state index contributed by atoms with van der Waals surface area (Å²) in [6.07, 6.45) is 2.32. The summed E-state index contributed by atoms with van der Waals surface area (Å²) in [7, 11) is 0. The quantitative estimate of drug-likeness (QED) is 0.687. The van der Waals surface area contributed by atoms with Crippen molar-refractivity contribution in [1.82, 2.24) is 0 Å². The van der Waals surface area contributed by atoms with E-state index in [0.717, 1.165) is 35.8 Å². The number of rotatable bonds is 0. The molecule has 3 rings (SSSR count). The van der Waals surface area contributed by atoms with Gasteiger partial charge in [-0.25, -0.2) is 0 Å². The molecule has 13 heavy (non-hydrogen) atoms. The highest BCUT2D eigenvalue weighted by molar-refractivity contribution is 6.30. The highest BCUT2D eigenvalue weighted by Gasteiger charge is 2.47. The molecule has 1 fully saturated rings. The average molecular weight is 196 g/mol. The number of nitrogens with one attached hydrogen (secondary N) is 1. The molecule has 1 aliphatic heterocycles. The first-order valence-electron chi connectivity index (χ1n) is 4.50. The summed E-state index contributed by atoms with van der Waals surface area (Å²) in [4.78, 5) is 0. The third-order valence-corrected chi connectivity index (χ3v) is 2.91. The third kappa shape index (κ3) is 1.17. The molecule has 2 nitrogen and oxygen atoms in total. The number of halogens is 1. The Balaban J connectivity index is 2.02. The maximum atomic E-state index is 5.88. The van der Waals surface area contributed by atoms with Crippen molar-refractivity contribution in [2.45, 2.75) is 18.4 Å². The summed E-state index contributed by atoms with van der Waals surface area (Å²) in [5.74, 6) is 0.899. The number of anilines is 1. The van der Waals surface area contributed by atoms with Gasteiger partial charge < -0.3 is 10.1 Å². The van der Waals surface area contributed by atoms with E-state index in [2.05, 4.69) is 5.32 Å². The fourth-order valence-electron chi connectivity index (χ4n) is 1.67. The van der Waals surface area contributed by atoms with E-state index in [-0.39, 0.29) is 5.60 Å². The van der Waals surface area contributed by atoms with Crippen molar-refractivity contribution >= 4 is 17.3 Å². The van der Waals surface area contributed by atoms with Gasteiger partial charge in [-0.1, -0.05) is 11.6 Å². The SMILES string of the molecule is Clc1ccc2c(c1)OC1(CC1)CN2. The third-order valence-electron chi connectivity index (χ3n) is 2.68. The number of ether oxygens (including phenoxy) is 1. The van der Waals surface area contributed by atoms with Gasteiger partial charge in [0, 0.05) is 11.1 Å². The van der Waals surface area contributed by atoms with Gasteiger partial charge in [0.2, 0.25) is 0 Å². The molecule has 1 aromatic rings. The van der Waals surface area contributed by atoms with Crippen LogP contribution in [0.3, 0.4) is 0 Å². The van der Waals surface area contributed by atoms with Crippen LogP contribution in [0.4, 0.5) is 5.69 Å².